The lowest BCUT2D eigenvalue weighted by molar-refractivity contribution is 0.0876. The first-order chi connectivity index (χ1) is 7.99. The number of phenols is 1. The van der Waals surface area contributed by atoms with Gasteiger partial charge in [0.2, 0.25) is 0 Å². The van der Waals surface area contributed by atoms with E-state index in [0.29, 0.717) is 3.57 Å². The summed E-state index contributed by atoms with van der Waals surface area (Å²) >= 11 is 3.97. The van der Waals surface area contributed by atoms with Crippen molar-refractivity contribution in [2.24, 2.45) is 0 Å². The Kier molecular flexibility index (Phi) is 5.89. The lowest BCUT2D eigenvalue weighted by Crippen LogP contribution is -2.40. The molecule has 0 atom stereocenters. The van der Waals surface area contributed by atoms with Gasteiger partial charge in [0.15, 0.2) is 0 Å². The number of nitrogens with one attached hydrogen (secondary N) is 1. The summed E-state index contributed by atoms with van der Waals surface area (Å²) < 4.78 is 1.39. The fourth-order valence-corrected chi connectivity index (χ4v) is 3.00. The van der Waals surface area contributed by atoms with Gasteiger partial charge in [0.25, 0.3) is 5.91 Å². The van der Waals surface area contributed by atoms with Gasteiger partial charge in [0.05, 0.1) is 28.4 Å². The number of amides is 1. The number of carbonyl (C=O) groups is 1. The standard InChI is InChI=1S/C10H11I2NO4/c11-5-1-7(9(16)8(12)2-5)10(17)13-6(3-14)4-15/h1-2,6,14-16H,3-4H2,(H,13,17). The first-order valence-corrected chi connectivity index (χ1v) is 6.86. The first-order valence-electron chi connectivity index (χ1n) is 4.70. The maximum Gasteiger partial charge on any atom is 0.255 e. The summed E-state index contributed by atoms with van der Waals surface area (Å²) in [6, 6.07) is 2.56. The lowest BCUT2D eigenvalue weighted by atomic mass is 10.2. The van der Waals surface area contributed by atoms with Crippen LogP contribution in [-0.4, -0.2) is 40.5 Å². The highest BCUT2D eigenvalue weighted by Crippen LogP contribution is 2.26. The summed E-state index contributed by atoms with van der Waals surface area (Å²) in [5.74, 6) is -0.620. The van der Waals surface area contributed by atoms with E-state index in [1.807, 2.05) is 45.2 Å². The van der Waals surface area contributed by atoms with Gasteiger partial charge < -0.3 is 20.6 Å². The van der Waals surface area contributed by atoms with Crippen LogP contribution in [-0.2, 0) is 0 Å². The molecule has 17 heavy (non-hydrogen) atoms. The molecule has 0 aliphatic heterocycles. The van der Waals surface area contributed by atoms with E-state index in [1.54, 1.807) is 12.1 Å². The fourth-order valence-electron chi connectivity index (χ4n) is 1.15. The Morgan fingerprint density at radius 3 is 2.41 bits per heavy atom. The monoisotopic (exact) mass is 463 g/mol. The normalized spacial score (nSPS) is 10.6. The molecule has 4 N–H and O–H groups in total. The smallest absolute Gasteiger partial charge is 0.255 e. The van der Waals surface area contributed by atoms with Crippen LogP contribution in [0.25, 0.3) is 0 Å². The van der Waals surface area contributed by atoms with Gasteiger partial charge in [0, 0.05) is 3.57 Å². The van der Waals surface area contributed by atoms with Crippen molar-refractivity contribution >= 4 is 51.1 Å². The second kappa shape index (κ2) is 6.71. The van der Waals surface area contributed by atoms with E-state index < -0.39 is 11.9 Å². The predicted octanol–water partition coefficient (Wildman–Crippen LogP) is 0.684. The largest absolute Gasteiger partial charge is 0.506 e. The number of carbonyl (C=O) groups excluding carboxylic acids is 1. The number of aliphatic hydroxyl groups excluding tert-OH is 2. The second-order valence-electron chi connectivity index (χ2n) is 3.32. The SMILES string of the molecule is O=C(NC(CO)CO)c1cc(I)cc(I)c1O. The van der Waals surface area contributed by atoms with Gasteiger partial charge in [-0.3, -0.25) is 4.79 Å². The molecule has 0 aliphatic carbocycles. The predicted molar refractivity (Wildman–Crippen MR) is 79.0 cm³/mol. The Balaban J connectivity index is 2.96. The van der Waals surface area contributed by atoms with Crippen molar-refractivity contribution in [1.82, 2.24) is 5.32 Å². The van der Waals surface area contributed by atoms with Gasteiger partial charge in [-0.05, 0) is 57.3 Å². The maximum atomic E-state index is 11.8. The topological polar surface area (TPSA) is 89.8 Å². The molecule has 0 fully saturated rings. The Bertz CT molecular complexity index is 421. The van der Waals surface area contributed by atoms with Crippen molar-refractivity contribution in [3.8, 4) is 5.75 Å². The van der Waals surface area contributed by atoms with Crippen LogP contribution in [0.1, 0.15) is 10.4 Å². The van der Waals surface area contributed by atoms with Crippen LogP contribution in [0.3, 0.4) is 0 Å². The second-order valence-corrected chi connectivity index (χ2v) is 5.73. The molecular weight excluding hydrogens is 452 g/mol. The molecule has 0 aromatic heterocycles. The van der Waals surface area contributed by atoms with Crippen molar-refractivity contribution in [3.05, 3.63) is 24.8 Å². The van der Waals surface area contributed by atoms with Crippen LogP contribution >= 0.6 is 45.2 Å². The number of aromatic hydroxyl groups is 1. The highest BCUT2D eigenvalue weighted by Gasteiger charge is 2.17. The molecule has 0 saturated carbocycles. The number of hydrogen-bond donors (Lipinski definition) is 4. The third-order valence-corrected chi connectivity index (χ3v) is 3.49. The van der Waals surface area contributed by atoms with Crippen molar-refractivity contribution in [2.75, 3.05) is 13.2 Å². The molecular formula is C10H11I2NO4. The lowest BCUT2D eigenvalue weighted by Gasteiger charge is -2.14. The molecule has 0 aliphatic rings. The average molecular weight is 463 g/mol. The van der Waals surface area contributed by atoms with Crippen LogP contribution < -0.4 is 5.32 Å². The Labute approximate surface area is 126 Å². The average Bonchev–Trinajstić information content (AvgIpc) is 2.30. The van der Waals surface area contributed by atoms with E-state index in [-0.39, 0.29) is 24.5 Å². The van der Waals surface area contributed by atoms with Crippen molar-refractivity contribution in [3.63, 3.8) is 0 Å². The van der Waals surface area contributed by atoms with E-state index in [0.717, 1.165) is 3.57 Å². The minimum Gasteiger partial charge on any atom is -0.506 e. The number of halogens is 2. The molecule has 7 heteroatoms. The number of rotatable bonds is 4. The third kappa shape index (κ3) is 3.93. The quantitative estimate of drug-likeness (QED) is 0.495. The zero-order valence-electron chi connectivity index (χ0n) is 8.65. The molecule has 1 aromatic carbocycles. The summed E-state index contributed by atoms with van der Waals surface area (Å²) in [7, 11) is 0. The summed E-state index contributed by atoms with van der Waals surface area (Å²) in [6.45, 7) is -0.714. The summed E-state index contributed by atoms with van der Waals surface area (Å²) in [5, 5.41) is 29.9. The molecule has 1 amide bonds. The zero-order chi connectivity index (χ0) is 13.0. The molecule has 0 unspecified atom stereocenters. The van der Waals surface area contributed by atoms with Crippen LogP contribution in [0.2, 0.25) is 0 Å². The van der Waals surface area contributed by atoms with Gasteiger partial charge in [0.1, 0.15) is 5.75 Å². The van der Waals surface area contributed by atoms with Gasteiger partial charge in [-0.15, -0.1) is 0 Å². The maximum absolute atomic E-state index is 11.8. The van der Waals surface area contributed by atoms with E-state index >= 15 is 0 Å². The molecule has 1 rings (SSSR count). The van der Waals surface area contributed by atoms with E-state index in [9.17, 15) is 9.90 Å². The fraction of sp³-hybridized carbons (Fsp3) is 0.300. The number of benzene rings is 1. The summed E-state index contributed by atoms with van der Waals surface area (Å²) in [4.78, 5) is 11.8. The molecule has 0 saturated heterocycles. The van der Waals surface area contributed by atoms with Gasteiger partial charge in [-0.1, -0.05) is 0 Å². The van der Waals surface area contributed by atoms with E-state index in [4.69, 9.17) is 10.2 Å². The minimum absolute atomic E-state index is 0.0989. The Morgan fingerprint density at radius 2 is 1.88 bits per heavy atom. The first kappa shape index (κ1) is 14.9. The van der Waals surface area contributed by atoms with Crippen LogP contribution in [0.5, 0.6) is 5.75 Å². The van der Waals surface area contributed by atoms with Gasteiger partial charge in [-0.25, -0.2) is 0 Å². The third-order valence-electron chi connectivity index (χ3n) is 2.05. The number of aliphatic hydroxyl groups is 2. The molecule has 0 spiro atoms. The minimum atomic E-state index is -0.725. The van der Waals surface area contributed by atoms with Gasteiger partial charge >= 0.3 is 0 Å². The molecule has 94 valence electrons. The van der Waals surface area contributed by atoms with Gasteiger partial charge in [-0.2, -0.15) is 0 Å². The number of hydrogen-bond acceptors (Lipinski definition) is 4. The van der Waals surface area contributed by atoms with Crippen LogP contribution in [0, 0.1) is 7.14 Å². The van der Waals surface area contributed by atoms with Crippen molar-refractivity contribution < 1.29 is 20.1 Å². The Morgan fingerprint density at radius 1 is 1.29 bits per heavy atom. The molecule has 0 heterocycles. The van der Waals surface area contributed by atoms with E-state index in [2.05, 4.69) is 5.32 Å². The number of phenolic OH excluding ortho intramolecular Hbond substituents is 1. The van der Waals surface area contributed by atoms with Crippen molar-refractivity contribution in [2.45, 2.75) is 6.04 Å². The highest BCUT2D eigenvalue weighted by molar-refractivity contribution is 14.1. The summed E-state index contributed by atoms with van der Waals surface area (Å²) in [6.07, 6.45) is 0. The Hall–Kier alpha value is -0.130. The molecule has 1 aromatic rings. The van der Waals surface area contributed by atoms with Crippen LogP contribution in [0.15, 0.2) is 12.1 Å². The highest BCUT2D eigenvalue weighted by atomic mass is 127. The molecule has 0 bridgehead atoms. The van der Waals surface area contributed by atoms with E-state index in [1.165, 1.54) is 0 Å². The molecule has 5 nitrogen and oxygen atoms in total. The molecule has 0 radical (unpaired) electrons. The zero-order valence-corrected chi connectivity index (χ0v) is 13.0. The van der Waals surface area contributed by atoms with Crippen LogP contribution in [0.4, 0.5) is 0 Å². The summed E-state index contributed by atoms with van der Waals surface area (Å²) in [5.41, 5.74) is 0.133. The van der Waals surface area contributed by atoms with Crippen molar-refractivity contribution in [1.29, 1.82) is 0 Å².